The van der Waals surface area contributed by atoms with Crippen molar-refractivity contribution in [2.45, 2.75) is 44.1 Å². The number of aliphatic hydroxyl groups is 2. The summed E-state index contributed by atoms with van der Waals surface area (Å²) in [5, 5.41) is 22.4. The number of benzene rings is 3. The topological polar surface area (TPSA) is 125 Å². The molecule has 4 rings (SSSR count). The largest absolute Gasteiger partial charge is 0.492 e. The van der Waals surface area contributed by atoms with Gasteiger partial charge in [0, 0.05) is 25.3 Å². The van der Waals surface area contributed by atoms with Crippen molar-refractivity contribution < 1.29 is 28.2 Å². The van der Waals surface area contributed by atoms with Gasteiger partial charge in [0.1, 0.15) is 12.4 Å². The van der Waals surface area contributed by atoms with Gasteiger partial charge in [-0.1, -0.05) is 67.4 Å². The Morgan fingerprint density at radius 2 is 1.68 bits per heavy atom. The van der Waals surface area contributed by atoms with Crippen molar-refractivity contribution in [1.82, 2.24) is 10.0 Å². The van der Waals surface area contributed by atoms with Crippen LogP contribution in [0.3, 0.4) is 0 Å². The number of hydrogen-bond donors (Lipinski definition) is 4. The Labute approximate surface area is 236 Å². The molecule has 0 aliphatic heterocycles. The van der Waals surface area contributed by atoms with E-state index in [9.17, 15) is 18.3 Å². The van der Waals surface area contributed by atoms with E-state index in [1.807, 2.05) is 66.7 Å². The lowest BCUT2D eigenvalue weighted by molar-refractivity contribution is 0.0980. The summed E-state index contributed by atoms with van der Waals surface area (Å²) < 4.78 is 32.5. The second kappa shape index (κ2) is 14.4. The number of rotatable bonds is 14. The van der Waals surface area contributed by atoms with Crippen LogP contribution in [0.4, 0.5) is 0 Å². The number of aliphatic hydroxyl groups excluding tert-OH is 2. The minimum atomic E-state index is -3.82. The van der Waals surface area contributed by atoms with Gasteiger partial charge in [-0.05, 0) is 65.6 Å². The molecule has 9 heteroatoms. The Kier molecular flexibility index (Phi) is 10.7. The zero-order valence-corrected chi connectivity index (χ0v) is 23.4. The lowest BCUT2D eigenvalue weighted by atomic mass is 9.89. The average Bonchev–Trinajstić information content (AvgIpc) is 3.51. The Hall–Kier alpha value is -3.24. The van der Waals surface area contributed by atoms with Crippen LogP contribution < -0.4 is 14.8 Å². The maximum absolute atomic E-state index is 13.0. The van der Waals surface area contributed by atoms with Crippen molar-refractivity contribution in [2.75, 3.05) is 32.1 Å². The highest BCUT2D eigenvalue weighted by molar-refractivity contribution is 7.90. The lowest BCUT2D eigenvalue weighted by Crippen LogP contribution is -2.33. The Bertz CT molecular complexity index is 1340. The van der Waals surface area contributed by atoms with Crippen molar-refractivity contribution in [3.63, 3.8) is 0 Å². The van der Waals surface area contributed by atoms with Gasteiger partial charge in [-0.3, -0.25) is 4.79 Å². The Balaban J connectivity index is 1.37. The second-order valence-corrected chi connectivity index (χ2v) is 12.0. The van der Waals surface area contributed by atoms with Gasteiger partial charge in [0.15, 0.2) is 0 Å². The van der Waals surface area contributed by atoms with E-state index in [2.05, 4.69) is 10.0 Å². The molecule has 40 heavy (non-hydrogen) atoms. The highest BCUT2D eigenvalue weighted by Gasteiger charge is 2.25. The predicted octanol–water partition coefficient (Wildman–Crippen LogP) is 4.16. The van der Waals surface area contributed by atoms with Crippen molar-refractivity contribution in [3.05, 3.63) is 89.5 Å². The number of amides is 1. The molecule has 214 valence electrons. The third-order valence-corrected chi connectivity index (χ3v) is 8.49. The Morgan fingerprint density at radius 1 is 0.975 bits per heavy atom. The van der Waals surface area contributed by atoms with Crippen molar-refractivity contribution >= 4 is 15.9 Å². The van der Waals surface area contributed by atoms with E-state index in [1.54, 1.807) is 6.07 Å². The van der Waals surface area contributed by atoms with Gasteiger partial charge in [-0.25, -0.2) is 13.1 Å². The van der Waals surface area contributed by atoms with E-state index >= 15 is 0 Å². The SMILES string of the molecule is O=C(NS(=O)(=O)CCCO)c1ccc(-c2ccc(OCCNC[C@H](O)c3ccccc3)cc2)cc1C1CCCC1. The fourth-order valence-corrected chi connectivity index (χ4v) is 6.05. The number of sulfonamides is 1. The fourth-order valence-electron chi connectivity index (χ4n) is 5.04. The van der Waals surface area contributed by atoms with Crippen LogP contribution in [0.15, 0.2) is 72.8 Å². The Morgan fingerprint density at radius 3 is 2.38 bits per heavy atom. The summed E-state index contributed by atoms with van der Waals surface area (Å²) in [6.07, 6.45) is 3.59. The lowest BCUT2D eigenvalue weighted by Gasteiger charge is -2.17. The molecule has 0 bridgehead atoms. The molecule has 0 unspecified atom stereocenters. The van der Waals surface area contributed by atoms with Crippen LogP contribution in [0.1, 0.15) is 65.6 Å². The predicted molar refractivity (Wildman–Crippen MR) is 156 cm³/mol. The highest BCUT2D eigenvalue weighted by Crippen LogP contribution is 2.38. The quantitative estimate of drug-likeness (QED) is 0.216. The third-order valence-electron chi connectivity index (χ3n) is 7.17. The molecule has 1 saturated carbocycles. The molecule has 4 N–H and O–H groups in total. The van der Waals surface area contributed by atoms with Crippen molar-refractivity contribution in [3.8, 4) is 16.9 Å². The molecule has 8 nitrogen and oxygen atoms in total. The minimum Gasteiger partial charge on any atom is -0.492 e. The molecule has 1 aliphatic carbocycles. The maximum Gasteiger partial charge on any atom is 0.265 e. The van der Waals surface area contributed by atoms with E-state index in [4.69, 9.17) is 9.84 Å². The molecule has 3 aromatic rings. The monoisotopic (exact) mass is 566 g/mol. The van der Waals surface area contributed by atoms with Crippen LogP contribution in [0, 0.1) is 0 Å². The zero-order chi connectivity index (χ0) is 28.4. The van der Waals surface area contributed by atoms with Crippen LogP contribution >= 0.6 is 0 Å². The molecule has 0 saturated heterocycles. The number of hydrogen-bond acceptors (Lipinski definition) is 7. The van der Waals surface area contributed by atoms with E-state index in [1.165, 1.54) is 0 Å². The molecule has 1 fully saturated rings. The first kappa shape index (κ1) is 29.7. The van der Waals surface area contributed by atoms with Gasteiger partial charge in [-0.15, -0.1) is 0 Å². The first-order valence-corrected chi connectivity index (χ1v) is 15.5. The van der Waals surface area contributed by atoms with Crippen molar-refractivity contribution in [1.29, 1.82) is 0 Å². The van der Waals surface area contributed by atoms with Crippen LogP contribution in [0.5, 0.6) is 5.75 Å². The molecular formula is C31H38N2O6S. The molecule has 0 radical (unpaired) electrons. The van der Waals surface area contributed by atoms with Gasteiger partial charge in [0.25, 0.3) is 5.91 Å². The summed E-state index contributed by atoms with van der Waals surface area (Å²) in [7, 11) is -3.82. The third kappa shape index (κ3) is 8.38. The summed E-state index contributed by atoms with van der Waals surface area (Å²) in [5.74, 6) is 0.0114. The van der Waals surface area contributed by atoms with Gasteiger partial charge in [-0.2, -0.15) is 0 Å². The summed E-state index contributed by atoms with van der Waals surface area (Å²) in [4.78, 5) is 13.0. The number of carbonyl (C=O) groups excluding carboxylic acids is 1. The standard InChI is InChI=1S/C31H38N2O6S/c34-18-6-20-40(37,38)33-31(36)28-16-13-26(21-29(28)24-7-4-5-8-24)23-11-14-27(15-12-23)39-19-17-32-22-30(35)25-9-2-1-3-10-25/h1-3,9-16,21,24,30,32,34-35H,4-8,17-20,22H2,(H,33,36)/t30-/m0/s1. The first-order chi connectivity index (χ1) is 19.4. The number of nitrogens with one attached hydrogen (secondary N) is 2. The van der Waals surface area contributed by atoms with Gasteiger partial charge in [0.05, 0.1) is 11.9 Å². The molecule has 1 amide bonds. The smallest absolute Gasteiger partial charge is 0.265 e. The van der Waals surface area contributed by atoms with Gasteiger partial charge < -0.3 is 20.3 Å². The zero-order valence-electron chi connectivity index (χ0n) is 22.6. The fraction of sp³-hybridized carbons (Fsp3) is 0.387. The normalized spacial score (nSPS) is 14.7. The van der Waals surface area contributed by atoms with E-state index in [0.717, 1.165) is 53.7 Å². The summed E-state index contributed by atoms with van der Waals surface area (Å²) >= 11 is 0. The minimum absolute atomic E-state index is 0.0740. The maximum atomic E-state index is 13.0. The van der Waals surface area contributed by atoms with Crippen LogP contribution in [0.25, 0.3) is 11.1 Å². The molecule has 0 spiro atoms. The van der Waals surface area contributed by atoms with E-state index in [-0.39, 0.29) is 24.7 Å². The molecule has 1 aliphatic rings. The second-order valence-electron chi connectivity index (χ2n) is 10.1. The molecule has 0 heterocycles. The van der Waals surface area contributed by atoms with Crippen molar-refractivity contribution in [2.24, 2.45) is 0 Å². The van der Waals surface area contributed by atoms with Crippen LogP contribution in [0.2, 0.25) is 0 Å². The van der Waals surface area contributed by atoms with E-state index < -0.39 is 22.0 Å². The van der Waals surface area contributed by atoms with Crippen LogP contribution in [-0.4, -0.2) is 56.6 Å². The molecule has 1 atom stereocenters. The number of ether oxygens (including phenoxy) is 1. The summed E-state index contributed by atoms with van der Waals surface area (Å²) in [6.45, 7) is 1.24. The van der Waals surface area contributed by atoms with Gasteiger partial charge in [0.2, 0.25) is 10.0 Å². The van der Waals surface area contributed by atoms with E-state index in [0.29, 0.717) is 25.3 Å². The molecule has 3 aromatic carbocycles. The highest BCUT2D eigenvalue weighted by atomic mass is 32.2. The van der Waals surface area contributed by atoms with Crippen LogP contribution in [-0.2, 0) is 10.0 Å². The molecule has 0 aromatic heterocycles. The summed E-state index contributed by atoms with van der Waals surface area (Å²) in [6, 6.07) is 22.8. The first-order valence-electron chi connectivity index (χ1n) is 13.8. The van der Waals surface area contributed by atoms with Gasteiger partial charge >= 0.3 is 0 Å². The molecular weight excluding hydrogens is 528 g/mol. The average molecular weight is 567 g/mol. The number of carbonyl (C=O) groups is 1. The summed E-state index contributed by atoms with van der Waals surface area (Å²) in [5.41, 5.74) is 4.05.